The molecule has 1 amide bonds. The van der Waals surface area contributed by atoms with Crippen molar-refractivity contribution in [3.63, 3.8) is 0 Å². The van der Waals surface area contributed by atoms with Crippen molar-refractivity contribution < 1.29 is 34.4 Å². The Labute approximate surface area is 147 Å². The number of aliphatic carboxylic acids is 1. The van der Waals surface area contributed by atoms with Crippen LogP contribution in [-0.4, -0.2) is 71.3 Å². The van der Waals surface area contributed by atoms with Gasteiger partial charge in [0.25, 0.3) is 0 Å². The van der Waals surface area contributed by atoms with E-state index in [2.05, 4.69) is 17.9 Å². The van der Waals surface area contributed by atoms with Crippen LogP contribution in [0.5, 0.6) is 0 Å². The zero-order chi connectivity index (χ0) is 19.5. The number of rotatable bonds is 9. The second-order valence-electron chi connectivity index (χ2n) is 3.75. The van der Waals surface area contributed by atoms with Crippen molar-refractivity contribution in [3.05, 3.63) is 12.2 Å². The van der Waals surface area contributed by atoms with Crippen molar-refractivity contribution in [2.75, 3.05) is 26.0 Å². The highest BCUT2D eigenvalue weighted by atomic mass is 32.1. The number of hydrogen-bond acceptors (Lipinski definition) is 8. The lowest BCUT2D eigenvalue weighted by Crippen LogP contribution is -2.39. The molecule has 0 saturated heterocycles. The molecule has 0 fully saturated rings. The van der Waals surface area contributed by atoms with Crippen molar-refractivity contribution in [2.45, 2.75) is 32.4 Å². The highest BCUT2D eigenvalue weighted by molar-refractivity contribution is 7.80. The molecule has 142 valence electrons. The summed E-state index contributed by atoms with van der Waals surface area (Å²) in [6.45, 7) is 2.90. The minimum Gasteiger partial charge on any atom is -0.480 e. The second kappa shape index (κ2) is 19.4. The first kappa shape index (κ1) is 27.2. The minimum atomic E-state index is -1.19. The van der Waals surface area contributed by atoms with Gasteiger partial charge in [0.2, 0.25) is 5.91 Å². The topological polar surface area (TPSA) is 159 Å². The Hall–Kier alpha value is -1.62. The van der Waals surface area contributed by atoms with Crippen LogP contribution in [0.25, 0.3) is 0 Å². The Morgan fingerprint density at radius 3 is 2.25 bits per heavy atom. The molecule has 9 nitrogen and oxygen atoms in total. The molecule has 2 atom stereocenters. The van der Waals surface area contributed by atoms with Gasteiger partial charge < -0.3 is 31.1 Å². The highest BCUT2D eigenvalue weighted by Crippen LogP contribution is 2.03. The van der Waals surface area contributed by atoms with Gasteiger partial charge in [0.05, 0.1) is 13.0 Å². The monoisotopic (exact) mass is 368 g/mol. The summed E-state index contributed by atoms with van der Waals surface area (Å²) in [6.07, 6.45) is 1.85. The van der Waals surface area contributed by atoms with Crippen LogP contribution in [0.3, 0.4) is 0 Å². The molecule has 0 aromatic heterocycles. The predicted octanol–water partition coefficient (Wildman–Crippen LogP) is -1.07. The van der Waals surface area contributed by atoms with Crippen LogP contribution in [0.1, 0.15) is 20.3 Å². The smallest absolute Gasteiger partial charge is 0.325 e. The van der Waals surface area contributed by atoms with Crippen molar-refractivity contribution in [2.24, 2.45) is 5.73 Å². The van der Waals surface area contributed by atoms with Gasteiger partial charge in [-0.2, -0.15) is 12.6 Å². The van der Waals surface area contributed by atoms with E-state index in [9.17, 15) is 14.4 Å². The van der Waals surface area contributed by atoms with E-state index in [1.165, 1.54) is 6.08 Å². The molecule has 0 bridgehead atoms. The standard InChI is InChI=1S/C11H18N2O6S.C2H6.CH4O/c12-8(6-14)11(18)19-7(2-1-3-20)4-9(15)13-5-10(16)17;2*1-2/h1-2,7-8,14,20H,3-6,12H2,(H,13,15)(H,16,17);1-2H3;2H,1H3/b2-1+;;. The fraction of sp³-hybridized carbons (Fsp3) is 0.643. The molecule has 0 rings (SSSR count). The average molecular weight is 368 g/mol. The van der Waals surface area contributed by atoms with Crippen LogP contribution in [0.2, 0.25) is 0 Å². The van der Waals surface area contributed by atoms with E-state index in [0.717, 1.165) is 7.11 Å². The van der Waals surface area contributed by atoms with Crippen LogP contribution in [0, 0.1) is 0 Å². The third-order valence-electron chi connectivity index (χ3n) is 2.05. The van der Waals surface area contributed by atoms with Crippen LogP contribution >= 0.6 is 12.6 Å². The SMILES string of the molecule is CC.CO.NC(CO)C(=O)OC(/C=C/CS)CC(=O)NCC(=O)O. The number of aliphatic hydroxyl groups excluding tert-OH is 2. The number of carbonyl (C=O) groups is 3. The lowest BCUT2D eigenvalue weighted by Gasteiger charge is -2.16. The molecule has 0 saturated carbocycles. The summed E-state index contributed by atoms with van der Waals surface area (Å²) in [5.41, 5.74) is 5.28. The number of carbonyl (C=O) groups excluding carboxylic acids is 2. The molecular weight excluding hydrogens is 340 g/mol. The predicted molar refractivity (Wildman–Crippen MR) is 92.7 cm³/mol. The van der Waals surface area contributed by atoms with E-state index in [1.807, 2.05) is 13.8 Å². The van der Waals surface area contributed by atoms with E-state index in [1.54, 1.807) is 6.08 Å². The lowest BCUT2D eigenvalue weighted by molar-refractivity contribution is -0.150. The van der Waals surface area contributed by atoms with Crippen molar-refractivity contribution in [1.82, 2.24) is 5.32 Å². The zero-order valence-corrected chi connectivity index (χ0v) is 15.0. The van der Waals surface area contributed by atoms with Gasteiger partial charge in [0.1, 0.15) is 18.7 Å². The average Bonchev–Trinajstić information content (AvgIpc) is 2.60. The number of carboxylic acids is 1. The van der Waals surface area contributed by atoms with Crippen LogP contribution < -0.4 is 11.1 Å². The van der Waals surface area contributed by atoms with Gasteiger partial charge in [-0.25, -0.2) is 0 Å². The van der Waals surface area contributed by atoms with E-state index >= 15 is 0 Å². The highest BCUT2D eigenvalue weighted by Gasteiger charge is 2.20. The summed E-state index contributed by atoms with van der Waals surface area (Å²) >= 11 is 3.93. The molecule has 0 radical (unpaired) electrons. The third-order valence-corrected chi connectivity index (χ3v) is 2.26. The van der Waals surface area contributed by atoms with Gasteiger partial charge in [-0.3, -0.25) is 14.4 Å². The maximum Gasteiger partial charge on any atom is 0.325 e. The maximum absolute atomic E-state index is 11.4. The molecule has 0 aliphatic rings. The van der Waals surface area contributed by atoms with E-state index < -0.39 is 43.1 Å². The van der Waals surface area contributed by atoms with Crippen molar-refractivity contribution in [1.29, 1.82) is 0 Å². The van der Waals surface area contributed by atoms with Crippen molar-refractivity contribution >= 4 is 30.5 Å². The Bertz CT molecular complexity index is 378. The number of esters is 1. The lowest BCUT2D eigenvalue weighted by atomic mass is 10.2. The second-order valence-corrected chi connectivity index (χ2v) is 4.11. The quantitative estimate of drug-likeness (QED) is 0.170. The Morgan fingerprint density at radius 2 is 1.83 bits per heavy atom. The number of amides is 1. The normalized spacial score (nSPS) is 12.0. The molecule has 6 N–H and O–H groups in total. The Balaban J connectivity index is -0.00000102. The molecule has 0 aromatic carbocycles. The van der Waals surface area contributed by atoms with Gasteiger partial charge in [-0.15, -0.1) is 0 Å². The number of nitrogens with two attached hydrogens (primary N) is 1. The molecule has 0 aliphatic carbocycles. The number of ether oxygens (including phenoxy) is 1. The van der Waals surface area contributed by atoms with Gasteiger partial charge in [0, 0.05) is 12.9 Å². The van der Waals surface area contributed by atoms with Crippen LogP contribution in [0.15, 0.2) is 12.2 Å². The minimum absolute atomic E-state index is 0.249. The van der Waals surface area contributed by atoms with Gasteiger partial charge in [-0.05, 0) is 6.08 Å². The molecule has 0 heterocycles. The van der Waals surface area contributed by atoms with E-state index in [4.69, 9.17) is 25.8 Å². The zero-order valence-electron chi connectivity index (χ0n) is 14.1. The maximum atomic E-state index is 11.4. The first-order valence-electron chi connectivity index (χ1n) is 7.18. The van der Waals surface area contributed by atoms with Gasteiger partial charge in [-0.1, -0.05) is 19.9 Å². The molecular formula is C14H28N2O7S. The van der Waals surface area contributed by atoms with Crippen LogP contribution in [0.4, 0.5) is 0 Å². The van der Waals surface area contributed by atoms with E-state index in [-0.39, 0.29) is 6.42 Å². The molecule has 0 spiro atoms. The Morgan fingerprint density at radius 1 is 1.29 bits per heavy atom. The first-order chi connectivity index (χ1) is 11.4. The molecule has 24 heavy (non-hydrogen) atoms. The molecule has 0 aliphatic heterocycles. The van der Waals surface area contributed by atoms with E-state index in [0.29, 0.717) is 5.75 Å². The fourth-order valence-corrected chi connectivity index (χ4v) is 1.22. The number of nitrogens with one attached hydrogen (secondary N) is 1. The van der Waals surface area contributed by atoms with Crippen LogP contribution in [-0.2, 0) is 19.1 Å². The number of aliphatic hydroxyl groups is 2. The number of thiol groups is 1. The molecule has 10 heteroatoms. The first-order valence-corrected chi connectivity index (χ1v) is 7.81. The largest absolute Gasteiger partial charge is 0.480 e. The molecule has 2 unspecified atom stereocenters. The summed E-state index contributed by atoms with van der Waals surface area (Å²) < 4.78 is 4.93. The third kappa shape index (κ3) is 16.7. The van der Waals surface area contributed by atoms with Crippen molar-refractivity contribution in [3.8, 4) is 0 Å². The van der Waals surface area contributed by atoms with Gasteiger partial charge in [0.15, 0.2) is 0 Å². The number of carboxylic acid groups (broad SMARTS) is 1. The Kier molecular flexibility index (Phi) is 22.0. The number of hydrogen-bond donors (Lipinski definition) is 6. The summed E-state index contributed by atoms with van der Waals surface area (Å²) in [5, 5.41) is 26.3. The molecule has 0 aromatic rings. The summed E-state index contributed by atoms with van der Waals surface area (Å²) in [7, 11) is 1.00. The van der Waals surface area contributed by atoms with Gasteiger partial charge >= 0.3 is 11.9 Å². The summed E-state index contributed by atoms with van der Waals surface area (Å²) in [5.74, 6) is -2.25. The summed E-state index contributed by atoms with van der Waals surface area (Å²) in [6, 6.07) is -1.19. The summed E-state index contributed by atoms with van der Waals surface area (Å²) in [4.78, 5) is 33.2. The fourth-order valence-electron chi connectivity index (χ4n) is 1.10.